The fourth-order valence-electron chi connectivity index (χ4n) is 3.14. The second-order valence-corrected chi connectivity index (χ2v) is 6.52. The third-order valence-corrected chi connectivity index (χ3v) is 4.73. The van der Waals surface area contributed by atoms with E-state index >= 15 is 0 Å². The number of piperazine rings is 1. The van der Waals surface area contributed by atoms with E-state index in [1.807, 2.05) is 39.9 Å². The quantitative estimate of drug-likeness (QED) is 0.671. The van der Waals surface area contributed by atoms with Crippen LogP contribution in [0.4, 0.5) is 0 Å². The largest absolute Gasteiger partial charge is 0.340 e. The SMILES string of the molecule is O=C(CCCC(=O)N1CCN(CCn2cncn2)CC1)c1ccccc1. The number of hydrogen-bond acceptors (Lipinski definition) is 5. The number of aromatic nitrogens is 3. The van der Waals surface area contributed by atoms with Crippen molar-refractivity contribution < 1.29 is 9.59 Å². The zero-order valence-corrected chi connectivity index (χ0v) is 15.0. The normalized spacial score (nSPS) is 15.2. The summed E-state index contributed by atoms with van der Waals surface area (Å²) in [5, 5.41) is 4.10. The third-order valence-electron chi connectivity index (χ3n) is 4.73. The number of amides is 1. The van der Waals surface area contributed by atoms with Crippen LogP contribution in [-0.2, 0) is 11.3 Å². The van der Waals surface area contributed by atoms with E-state index in [-0.39, 0.29) is 11.7 Å². The van der Waals surface area contributed by atoms with Gasteiger partial charge in [0.1, 0.15) is 12.7 Å². The molecule has 1 fully saturated rings. The average Bonchev–Trinajstić information content (AvgIpc) is 3.21. The maximum atomic E-state index is 12.3. The molecule has 0 saturated carbocycles. The van der Waals surface area contributed by atoms with E-state index in [0.29, 0.717) is 19.3 Å². The van der Waals surface area contributed by atoms with Gasteiger partial charge in [-0.3, -0.25) is 19.2 Å². The summed E-state index contributed by atoms with van der Waals surface area (Å²) in [5.41, 5.74) is 0.723. The molecule has 2 heterocycles. The Morgan fingerprint density at radius 2 is 1.73 bits per heavy atom. The smallest absolute Gasteiger partial charge is 0.222 e. The van der Waals surface area contributed by atoms with Gasteiger partial charge in [0.15, 0.2) is 5.78 Å². The molecular weight excluding hydrogens is 330 g/mol. The fraction of sp³-hybridized carbons (Fsp3) is 0.474. The zero-order chi connectivity index (χ0) is 18.2. The molecule has 0 bridgehead atoms. The van der Waals surface area contributed by atoms with Crippen LogP contribution in [0.2, 0.25) is 0 Å². The summed E-state index contributed by atoms with van der Waals surface area (Å²) in [4.78, 5) is 32.6. The first-order valence-electron chi connectivity index (χ1n) is 9.13. The van der Waals surface area contributed by atoms with Gasteiger partial charge in [0.2, 0.25) is 5.91 Å². The number of nitrogens with zero attached hydrogens (tertiary/aromatic N) is 5. The molecule has 0 N–H and O–H groups in total. The monoisotopic (exact) mass is 355 g/mol. The minimum atomic E-state index is 0.108. The molecule has 7 nitrogen and oxygen atoms in total. The molecule has 1 aromatic heterocycles. The van der Waals surface area contributed by atoms with E-state index < -0.39 is 0 Å². The minimum absolute atomic E-state index is 0.108. The van der Waals surface area contributed by atoms with Gasteiger partial charge >= 0.3 is 0 Å². The minimum Gasteiger partial charge on any atom is -0.340 e. The Morgan fingerprint density at radius 1 is 0.962 bits per heavy atom. The summed E-state index contributed by atoms with van der Waals surface area (Å²) in [6, 6.07) is 9.26. The summed E-state index contributed by atoms with van der Waals surface area (Å²) in [5.74, 6) is 0.262. The van der Waals surface area contributed by atoms with Crippen LogP contribution in [0.15, 0.2) is 43.0 Å². The maximum absolute atomic E-state index is 12.3. The summed E-state index contributed by atoms with van der Waals surface area (Å²) < 4.78 is 1.82. The van der Waals surface area contributed by atoms with Gasteiger partial charge in [-0.15, -0.1) is 0 Å². The number of hydrogen-bond donors (Lipinski definition) is 0. The topological polar surface area (TPSA) is 71.3 Å². The van der Waals surface area contributed by atoms with Crippen LogP contribution in [0.3, 0.4) is 0 Å². The van der Waals surface area contributed by atoms with E-state index in [1.165, 1.54) is 0 Å². The van der Waals surface area contributed by atoms with Crippen molar-refractivity contribution in [3.05, 3.63) is 48.5 Å². The van der Waals surface area contributed by atoms with E-state index in [1.54, 1.807) is 12.7 Å². The van der Waals surface area contributed by atoms with Gasteiger partial charge in [0.25, 0.3) is 0 Å². The Morgan fingerprint density at radius 3 is 2.42 bits per heavy atom. The Balaban J connectivity index is 1.32. The molecule has 1 saturated heterocycles. The Hall–Kier alpha value is -2.54. The van der Waals surface area contributed by atoms with Crippen molar-refractivity contribution in [2.24, 2.45) is 0 Å². The predicted octanol–water partition coefficient (Wildman–Crippen LogP) is 1.48. The van der Waals surface area contributed by atoms with Gasteiger partial charge in [0.05, 0.1) is 6.54 Å². The van der Waals surface area contributed by atoms with E-state index in [0.717, 1.165) is 44.8 Å². The lowest BCUT2D eigenvalue weighted by Gasteiger charge is -2.34. The summed E-state index contributed by atoms with van der Waals surface area (Å²) >= 11 is 0. The van der Waals surface area contributed by atoms with Crippen LogP contribution in [0.5, 0.6) is 0 Å². The zero-order valence-electron chi connectivity index (χ0n) is 15.0. The number of benzene rings is 1. The van der Waals surface area contributed by atoms with Gasteiger partial charge in [-0.05, 0) is 6.42 Å². The molecule has 0 unspecified atom stereocenters. The Labute approximate surface area is 153 Å². The molecular formula is C19H25N5O2. The van der Waals surface area contributed by atoms with E-state index in [4.69, 9.17) is 0 Å². The van der Waals surface area contributed by atoms with Crippen LogP contribution in [0.1, 0.15) is 29.6 Å². The second-order valence-electron chi connectivity index (χ2n) is 6.52. The van der Waals surface area contributed by atoms with Crippen LogP contribution >= 0.6 is 0 Å². The van der Waals surface area contributed by atoms with Crippen molar-refractivity contribution >= 4 is 11.7 Å². The van der Waals surface area contributed by atoms with Gasteiger partial charge in [0, 0.05) is 51.1 Å². The first-order chi connectivity index (χ1) is 12.7. The maximum Gasteiger partial charge on any atom is 0.222 e. The number of carbonyl (C=O) groups excluding carboxylic acids is 2. The molecule has 2 aromatic rings. The Bertz CT molecular complexity index is 694. The molecule has 0 spiro atoms. The van der Waals surface area contributed by atoms with Gasteiger partial charge < -0.3 is 4.90 Å². The highest BCUT2D eigenvalue weighted by molar-refractivity contribution is 5.96. The van der Waals surface area contributed by atoms with Crippen LogP contribution < -0.4 is 0 Å². The van der Waals surface area contributed by atoms with Crippen LogP contribution in [0.25, 0.3) is 0 Å². The lowest BCUT2D eigenvalue weighted by atomic mass is 10.1. The lowest BCUT2D eigenvalue weighted by molar-refractivity contribution is -0.133. The highest BCUT2D eigenvalue weighted by Crippen LogP contribution is 2.10. The molecule has 1 amide bonds. The molecule has 26 heavy (non-hydrogen) atoms. The standard InChI is InChI=1S/C19H25N5O2/c25-18(17-5-2-1-3-6-17)7-4-8-19(26)23-12-9-22(10-13-23)11-14-24-16-20-15-21-24/h1-3,5-6,15-16H,4,7-14H2. The molecule has 138 valence electrons. The van der Waals surface area contributed by atoms with Crippen molar-refractivity contribution in [1.82, 2.24) is 24.6 Å². The van der Waals surface area contributed by atoms with Crippen molar-refractivity contribution in [2.75, 3.05) is 32.7 Å². The fourth-order valence-corrected chi connectivity index (χ4v) is 3.14. The molecule has 1 aliphatic rings. The second kappa shape index (κ2) is 9.24. The van der Waals surface area contributed by atoms with Crippen LogP contribution in [-0.4, -0.2) is 69.0 Å². The molecule has 1 aliphatic heterocycles. The lowest BCUT2D eigenvalue weighted by Crippen LogP contribution is -2.49. The molecule has 0 atom stereocenters. The van der Waals surface area contributed by atoms with Crippen molar-refractivity contribution in [3.8, 4) is 0 Å². The molecule has 3 rings (SSSR count). The van der Waals surface area contributed by atoms with Crippen molar-refractivity contribution in [3.63, 3.8) is 0 Å². The summed E-state index contributed by atoms with van der Waals surface area (Å²) in [6.45, 7) is 4.99. The average molecular weight is 355 g/mol. The summed E-state index contributed by atoms with van der Waals surface area (Å²) in [7, 11) is 0. The molecule has 7 heteroatoms. The van der Waals surface area contributed by atoms with E-state index in [2.05, 4.69) is 15.0 Å². The Kier molecular flexibility index (Phi) is 6.49. The number of Topliss-reactive ketones (excluding diaryl/α,β-unsaturated/α-hetero) is 1. The van der Waals surface area contributed by atoms with Crippen molar-refractivity contribution in [1.29, 1.82) is 0 Å². The highest BCUT2D eigenvalue weighted by Gasteiger charge is 2.20. The first kappa shape index (κ1) is 18.3. The third kappa shape index (κ3) is 5.23. The first-order valence-corrected chi connectivity index (χ1v) is 9.13. The molecule has 1 aromatic carbocycles. The summed E-state index contributed by atoms with van der Waals surface area (Å²) in [6.07, 6.45) is 4.74. The molecule has 0 aliphatic carbocycles. The predicted molar refractivity (Wildman–Crippen MR) is 97.7 cm³/mol. The van der Waals surface area contributed by atoms with Gasteiger partial charge in [-0.25, -0.2) is 4.98 Å². The number of ketones is 1. The molecule has 0 radical (unpaired) electrons. The highest BCUT2D eigenvalue weighted by atomic mass is 16.2. The van der Waals surface area contributed by atoms with Gasteiger partial charge in [-0.1, -0.05) is 30.3 Å². The van der Waals surface area contributed by atoms with Gasteiger partial charge in [-0.2, -0.15) is 5.10 Å². The number of rotatable bonds is 8. The number of carbonyl (C=O) groups is 2. The van der Waals surface area contributed by atoms with Crippen LogP contribution in [0, 0.1) is 0 Å². The van der Waals surface area contributed by atoms with E-state index in [9.17, 15) is 9.59 Å². The van der Waals surface area contributed by atoms with Crippen molar-refractivity contribution in [2.45, 2.75) is 25.8 Å².